The Morgan fingerprint density at radius 2 is 1.87 bits per heavy atom. The second-order valence-corrected chi connectivity index (χ2v) is 11.4. The summed E-state index contributed by atoms with van der Waals surface area (Å²) in [7, 11) is -9.04. The van der Waals surface area contributed by atoms with Gasteiger partial charge in [0.15, 0.2) is 9.84 Å². The van der Waals surface area contributed by atoms with Crippen LogP contribution in [0, 0.1) is 23.0 Å². The molecule has 1 saturated heterocycles. The lowest BCUT2D eigenvalue weighted by molar-refractivity contribution is 0.00159. The lowest BCUT2D eigenvalue weighted by Crippen LogP contribution is -2.49. The summed E-state index contributed by atoms with van der Waals surface area (Å²) >= 11 is 5.82. The molecule has 2 atom stereocenters. The molecule has 2 aromatic carbocycles. The van der Waals surface area contributed by atoms with Crippen LogP contribution >= 0.6 is 11.6 Å². The number of rotatable bonds is 5. The predicted molar refractivity (Wildman–Crippen MR) is 104 cm³/mol. The lowest BCUT2D eigenvalue weighted by Gasteiger charge is -2.26. The van der Waals surface area contributed by atoms with Crippen molar-refractivity contribution in [1.82, 2.24) is 4.31 Å². The fourth-order valence-electron chi connectivity index (χ4n) is 3.30. The molecule has 1 fully saturated rings. The summed E-state index contributed by atoms with van der Waals surface area (Å²) in [5, 5.41) is 26.9. The van der Waals surface area contributed by atoms with Crippen LogP contribution in [0.4, 0.5) is 8.78 Å². The fourth-order valence-corrected chi connectivity index (χ4v) is 7.37. The molecule has 31 heavy (non-hydrogen) atoms. The van der Waals surface area contributed by atoms with Crippen molar-refractivity contribution < 1.29 is 35.8 Å². The molecule has 8 nitrogen and oxygen atoms in total. The van der Waals surface area contributed by atoms with Gasteiger partial charge in [0.25, 0.3) is 0 Å². The summed E-state index contributed by atoms with van der Waals surface area (Å²) in [6.45, 7) is -2.70. The molecule has 2 aromatic rings. The molecule has 0 radical (unpaired) electrons. The number of sulfonamides is 1. The van der Waals surface area contributed by atoms with Crippen LogP contribution in [0.3, 0.4) is 0 Å². The molecule has 0 bridgehead atoms. The molecule has 0 saturated carbocycles. The van der Waals surface area contributed by atoms with Crippen molar-refractivity contribution in [1.29, 1.82) is 5.26 Å². The molecule has 1 aliphatic heterocycles. The maximum Gasteiger partial charge on any atom is 0.244 e. The van der Waals surface area contributed by atoms with Gasteiger partial charge in [0.2, 0.25) is 10.0 Å². The van der Waals surface area contributed by atoms with Gasteiger partial charge in [0.1, 0.15) is 33.5 Å². The van der Waals surface area contributed by atoms with Crippen molar-refractivity contribution in [3.8, 4) is 6.07 Å². The zero-order chi connectivity index (χ0) is 23.2. The van der Waals surface area contributed by atoms with Gasteiger partial charge in [0, 0.05) is 13.1 Å². The first-order valence-electron chi connectivity index (χ1n) is 8.59. The number of hydrogen-bond donors (Lipinski definition) is 2. The Morgan fingerprint density at radius 3 is 2.42 bits per heavy atom. The van der Waals surface area contributed by atoms with E-state index in [1.807, 2.05) is 0 Å². The minimum absolute atomic E-state index is 0.405. The largest absolute Gasteiger partial charge is 0.393 e. The average Bonchev–Trinajstić information content (AvgIpc) is 3.07. The molecule has 0 spiro atoms. The van der Waals surface area contributed by atoms with E-state index in [-0.39, 0.29) is 0 Å². The number of nitrogens with zero attached hydrogens (tertiary/aromatic N) is 2. The standard InChI is InChI=1S/C18H15ClF2N2O6S2/c19-14-5-12(20)2-4-16(14)31(28,29)23-8-17(18(25,9-23)10-24)30(26,27)13-3-1-11(7-22)15(21)6-13/h1-6,17,24-25H,8-10H2/t17-,18-/m0/s1. The molecule has 166 valence electrons. The molecule has 13 heteroatoms. The van der Waals surface area contributed by atoms with Gasteiger partial charge in [-0.2, -0.15) is 9.57 Å². The topological polar surface area (TPSA) is 136 Å². The van der Waals surface area contributed by atoms with Crippen LogP contribution in [0.15, 0.2) is 46.2 Å². The van der Waals surface area contributed by atoms with Gasteiger partial charge in [-0.05, 0) is 36.4 Å². The maximum absolute atomic E-state index is 14.0. The quantitative estimate of drug-likeness (QED) is 0.637. The first-order valence-corrected chi connectivity index (χ1v) is 12.0. The Hall–Kier alpha value is -2.14. The van der Waals surface area contributed by atoms with Crippen LogP contribution in [0.5, 0.6) is 0 Å². The fraction of sp³-hybridized carbons (Fsp3) is 0.278. The molecule has 0 amide bonds. The Balaban J connectivity index is 2.04. The summed E-state index contributed by atoms with van der Waals surface area (Å²) in [4.78, 5) is -1.11. The Morgan fingerprint density at radius 1 is 1.19 bits per heavy atom. The van der Waals surface area contributed by atoms with Gasteiger partial charge in [0.05, 0.1) is 22.1 Å². The molecule has 0 aromatic heterocycles. The third-order valence-electron chi connectivity index (χ3n) is 4.97. The van der Waals surface area contributed by atoms with E-state index >= 15 is 0 Å². The van der Waals surface area contributed by atoms with Gasteiger partial charge < -0.3 is 10.2 Å². The van der Waals surface area contributed by atoms with Crippen LogP contribution in [-0.4, -0.2) is 61.9 Å². The summed E-state index contributed by atoms with van der Waals surface area (Å²) < 4.78 is 79.9. The number of aliphatic hydroxyl groups excluding tert-OH is 1. The number of halogens is 3. The van der Waals surface area contributed by atoms with Gasteiger partial charge >= 0.3 is 0 Å². The van der Waals surface area contributed by atoms with E-state index in [1.165, 1.54) is 6.07 Å². The number of aliphatic hydroxyl groups is 2. The highest BCUT2D eigenvalue weighted by Crippen LogP contribution is 2.36. The number of sulfone groups is 1. The SMILES string of the molecule is N#Cc1ccc(S(=O)(=O)[C@H]2CN(S(=O)(=O)c3ccc(F)cc3Cl)C[C@]2(O)CO)cc1F. The molecule has 3 rings (SSSR count). The summed E-state index contributed by atoms with van der Waals surface area (Å²) in [5.41, 5.74) is -2.82. The van der Waals surface area contributed by atoms with E-state index < -0.39 is 82.4 Å². The van der Waals surface area contributed by atoms with Gasteiger partial charge in [-0.3, -0.25) is 0 Å². The van der Waals surface area contributed by atoms with Crippen molar-refractivity contribution in [2.45, 2.75) is 20.6 Å². The van der Waals surface area contributed by atoms with Crippen LogP contribution in [-0.2, 0) is 19.9 Å². The molecule has 1 aliphatic rings. The zero-order valence-electron chi connectivity index (χ0n) is 15.5. The first-order chi connectivity index (χ1) is 14.4. The van der Waals surface area contributed by atoms with Crippen LogP contribution in [0.1, 0.15) is 5.56 Å². The highest BCUT2D eigenvalue weighted by Gasteiger charge is 2.55. The third-order valence-corrected chi connectivity index (χ3v) is 9.51. The number of β-amino-alcohol motifs (C(OH)–C–C–N with tert-alkyl or cyclic N) is 1. The van der Waals surface area contributed by atoms with Gasteiger partial charge in [-0.25, -0.2) is 25.6 Å². The van der Waals surface area contributed by atoms with Crippen molar-refractivity contribution in [2.75, 3.05) is 19.7 Å². The minimum atomic E-state index is -4.56. The highest BCUT2D eigenvalue weighted by atomic mass is 35.5. The lowest BCUT2D eigenvalue weighted by atomic mass is 10.1. The van der Waals surface area contributed by atoms with E-state index in [0.29, 0.717) is 10.4 Å². The molecule has 1 heterocycles. The Bertz CT molecular complexity index is 1300. The number of nitriles is 1. The normalized spacial score (nSPS) is 22.4. The molecule has 0 aliphatic carbocycles. The van der Waals surface area contributed by atoms with E-state index in [2.05, 4.69) is 0 Å². The summed E-state index contributed by atoms with van der Waals surface area (Å²) in [6.07, 6.45) is 0. The average molecular weight is 493 g/mol. The maximum atomic E-state index is 14.0. The minimum Gasteiger partial charge on any atom is -0.393 e. The zero-order valence-corrected chi connectivity index (χ0v) is 17.9. The van der Waals surface area contributed by atoms with Crippen molar-refractivity contribution in [2.24, 2.45) is 0 Å². The molecule has 2 N–H and O–H groups in total. The second kappa shape index (κ2) is 8.09. The second-order valence-electron chi connectivity index (χ2n) is 6.92. The van der Waals surface area contributed by atoms with Crippen LogP contribution in [0.2, 0.25) is 5.02 Å². The smallest absolute Gasteiger partial charge is 0.244 e. The van der Waals surface area contributed by atoms with E-state index in [4.69, 9.17) is 16.9 Å². The third kappa shape index (κ3) is 4.05. The molecular formula is C18H15ClF2N2O6S2. The van der Waals surface area contributed by atoms with E-state index in [1.54, 1.807) is 0 Å². The van der Waals surface area contributed by atoms with Crippen molar-refractivity contribution in [3.05, 3.63) is 58.6 Å². The molecule has 0 unspecified atom stereocenters. The van der Waals surface area contributed by atoms with Gasteiger partial charge in [-0.1, -0.05) is 11.6 Å². The summed E-state index contributed by atoms with van der Waals surface area (Å²) in [6, 6.07) is 6.50. The Kier molecular flexibility index (Phi) is 6.13. The molecular weight excluding hydrogens is 478 g/mol. The first kappa shape index (κ1) is 23.5. The van der Waals surface area contributed by atoms with Gasteiger partial charge in [-0.15, -0.1) is 0 Å². The van der Waals surface area contributed by atoms with Crippen molar-refractivity contribution in [3.63, 3.8) is 0 Å². The number of hydrogen-bond acceptors (Lipinski definition) is 7. The van der Waals surface area contributed by atoms with Crippen molar-refractivity contribution >= 4 is 31.5 Å². The number of benzene rings is 2. The predicted octanol–water partition coefficient (Wildman–Crippen LogP) is 1.06. The summed E-state index contributed by atoms with van der Waals surface area (Å²) in [5.74, 6) is -1.91. The van der Waals surface area contributed by atoms with E-state index in [9.17, 15) is 35.8 Å². The van der Waals surface area contributed by atoms with Crippen LogP contribution < -0.4 is 0 Å². The van der Waals surface area contributed by atoms with E-state index in [0.717, 1.165) is 30.3 Å². The van der Waals surface area contributed by atoms with Crippen LogP contribution in [0.25, 0.3) is 0 Å². The highest BCUT2D eigenvalue weighted by molar-refractivity contribution is 7.92. The Labute approximate surface area is 181 Å². The monoisotopic (exact) mass is 492 g/mol.